The Morgan fingerprint density at radius 1 is 1.47 bits per heavy atom. The Kier molecular flexibility index (Phi) is 3.29. The zero-order valence-electron chi connectivity index (χ0n) is 10.5. The van der Waals surface area contributed by atoms with Crippen LogP contribution in [0, 0.1) is 0 Å². The fourth-order valence-corrected chi connectivity index (χ4v) is 2.29. The van der Waals surface area contributed by atoms with Crippen LogP contribution in [0.2, 0.25) is 0 Å². The molecule has 3 rings (SSSR count). The number of imidazole rings is 1. The molecule has 0 unspecified atom stereocenters. The molecule has 5 heteroatoms. The second-order valence-electron chi connectivity index (χ2n) is 4.66. The fourth-order valence-electron chi connectivity index (χ4n) is 2.29. The lowest BCUT2D eigenvalue weighted by Crippen LogP contribution is -2.35. The van der Waals surface area contributed by atoms with Crippen molar-refractivity contribution in [1.82, 2.24) is 14.9 Å². The predicted octanol–water partition coefficient (Wildman–Crippen LogP) is 1.56. The van der Waals surface area contributed by atoms with Crippen molar-refractivity contribution < 1.29 is 4.79 Å². The van der Waals surface area contributed by atoms with E-state index in [9.17, 15) is 4.79 Å². The number of nitrogens with zero attached hydrogens (tertiary/aromatic N) is 2. The summed E-state index contributed by atoms with van der Waals surface area (Å²) < 4.78 is 1.91. The smallest absolute Gasteiger partial charge is 0.241 e. The van der Waals surface area contributed by atoms with Crippen LogP contribution in [0.3, 0.4) is 0 Å². The number of carbonyl (C=O) groups excluding carboxylic acids is 1. The van der Waals surface area contributed by atoms with Crippen LogP contribution in [0.1, 0.15) is 12.8 Å². The fraction of sp³-hybridized carbons (Fsp3) is 0.286. The molecule has 0 radical (unpaired) electrons. The number of benzene rings is 1. The Labute approximate surface area is 111 Å². The van der Waals surface area contributed by atoms with Crippen LogP contribution in [0.25, 0.3) is 5.69 Å². The third-order valence-electron chi connectivity index (χ3n) is 3.29. The quantitative estimate of drug-likeness (QED) is 0.876. The molecule has 1 aromatic carbocycles. The molecular weight excluding hydrogens is 240 g/mol. The van der Waals surface area contributed by atoms with Crippen molar-refractivity contribution in [2.75, 3.05) is 11.9 Å². The summed E-state index contributed by atoms with van der Waals surface area (Å²) >= 11 is 0. The summed E-state index contributed by atoms with van der Waals surface area (Å²) in [6, 6.07) is 7.68. The summed E-state index contributed by atoms with van der Waals surface area (Å²) in [4.78, 5) is 16.0. The predicted molar refractivity (Wildman–Crippen MR) is 73.2 cm³/mol. The monoisotopic (exact) mass is 256 g/mol. The summed E-state index contributed by atoms with van der Waals surface area (Å²) in [5.41, 5.74) is 1.79. The van der Waals surface area contributed by atoms with Gasteiger partial charge in [-0.25, -0.2) is 4.98 Å². The minimum absolute atomic E-state index is 0.0419. The minimum Gasteiger partial charge on any atom is -0.325 e. The van der Waals surface area contributed by atoms with E-state index in [1.54, 1.807) is 12.5 Å². The molecule has 98 valence electrons. The van der Waals surface area contributed by atoms with E-state index in [1.807, 2.05) is 35.0 Å². The number of hydrogen-bond donors (Lipinski definition) is 2. The molecule has 1 aliphatic heterocycles. The van der Waals surface area contributed by atoms with Gasteiger partial charge in [0.1, 0.15) is 0 Å². The van der Waals surface area contributed by atoms with E-state index in [1.165, 1.54) is 0 Å². The molecular formula is C14H16N4O. The highest BCUT2D eigenvalue weighted by Crippen LogP contribution is 2.15. The molecule has 19 heavy (non-hydrogen) atoms. The third kappa shape index (κ3) is 2.66. The summed E-state index contributed by atoms with van der Waals surface area (Å²) in [7, 11) is 0. The minimum atomic E-state index is -0.0584. The molecule has 1 aliphatic rings. The average Bonchev–Trinajstić information content (AvgIpc) is 3.13. The Morgan fingerprint density at radius 3 is 3.16 bits per heavy atom. The van der Waals surface area contributed by atoms with Crippen LogP contribution in [0.5, 0.6) is 0 Å². The van der Waals surface area contributed by atoms with E-state index in [4.69, 9.17) is 0 Å². The highest BCUT2D eigenvalue weighted by molar-refractivity contribution is 5.95. The van der Waals surface area contributed by atoms with Crippen LogP contribution < -0.4 is 10.6 Å². The van der Waals surface area contributed by atoms with Gasteiger partial charge in [-0.05, 0) is 37.6 Å². The molecule has 0 spiro atoms. The Morgan fingerprint density at radius 2 is 2.42 bits per heavy atom. The molecule has 0 saturated carbocycles. The third-order valence-corrected chi connectivity index (χ3v) is 3.29. The van der Waals surface area contributed by atoms with Gasteiger partial charge in [0, 0.05) is 23.8 Å². The zero-order valence-corrected chi connectivity index (χ0v) is 10.5. The van der Waals surface area contributed by atoms with Crippen molar-refractivity contribution in [3.63, 3.8) is 0 Å². The van der Waals surface area contributed by atoms with Gasteiger partial charge in [-0.1, -0.05) is 6.07 Å². The van der Waals surface area contributed by atoms with E-state index in [-0.39, 0.29) is 11.9 Å². The van der Waals surface area contributed by atoms with Gasteiger partial charge in [0.2, 0.25) is 5.91 Å². The van der Waals surface area contributed by atoms with Crippen LogP contribution >= 0.6 is 0 Å². The second-order valence-corrected chi connectivity index (χ2v) is 4.66. The van der Waals surface area contributed by atoms with E-state index in [0.717, 1.165) is 30.8 Å². The first kappa shape index (κ1) is 11.9. The van der Waals surface area contributed by atoms with Crippen molar-refractivity contribution in [2.24, 2.45) is 0 Å². The molecule has 2 heterocycles. The molecule has 1 aromatic heterocycles. The van der Waals surface area contributed by atoms with Crippen molar-refractivity contribution >= 4 is 11.6 Å². The van der Waals surface area contributed by atoms with E-state index < -0.39 is 0 Å². The SMILES string of the molecule is O=C(Nc1cccc(-n2ccnc2)c1)[C@@H]1CCCN1. The summed E-state index contributed by atoms with van der Waals surface area (Å²) in [6.45, 7) is 0.924. The summed E-state index contributed by atoms with van der Waals surface area (Å²) in [5, 5.41) is 6.14. The lowest BCUT2D eigenvalue weighted by Gasteiger charge is -2.12. The van der Waals surface area contributed by atoms with Gasteiger partial charge in [-0.15, -0.1) is 0 Å². The standard InChI is InChI=1S/C14H16N4O/c19-14(13-5-2-6-16-13)17-11-3-1-4-12(9-11)18-8-7-15-10-18/h1,3-4,7-10,13,16H,2,5-6H2,(H,17,19)/t13-/m0/s1. The number of carbonyl (C=O) groups is 1. The molecule has 1 saturated heterocycles. The number of hydrogen-bond acceptors (Lipinski definition) is 3. The number of amides is 1. The Hall–Kier alpha value is -2.14. The van der Waals surface area contributed by atoms with Crippen LogP contribution in [0.15, 0.2) is 43.0 Å². The van der Waals surface area contributed by atoms with Crippen LogP contribution in [-0.2, 0) is 4.79 Å². The normalized spacial score (nSPS) is 18.4. The van der Waals surface area contributed by atoms with Crippen molar-refractivity contribution in [1.29, 1.82) is 0 Å². The van der Waals surface area contributed by atoms with Gasteiger partial charge in [0.15, 0.2) is 0 Å². The topological polar surface area (TPSA) is 59.0 Å². The van der Waals surface area contributed by atoms with Gasteiger partial charge in [0.25, 0.3) is 0 Å². The second kappa shape index (κ2) is 5.24. The maximum absolute atomic E-state index is 12.0. The van der Waals surface area contributed by atoms with Gasteiger partial charge in [-0.2, -0.15) is 0 Å². The van der Waals surface area contributed by atoms with Crippen molar-refractivity contribution in [3.05, 3.63) is 43.0 Å². The van der Waals surface area contributed by atoms with Crippen molar-refractivity contribution in [2.45, 2.75) is 18.9 Å². The Bertz CT molecular complexity index is 559. The molecule has 1 amide bonds. The molecule has 1 atom stereocenters. The highest BCUT2D eigenvalue weighted by Gasteiger charge is 2.21. The number of nitrogens with one attached hydrogen (secondary N) is 2. The van der Waals surface area contributed by atoms with Crippen LogP contribution in [0.4, 0.5) is 5.69 Å². The molecule has 2 N–H and O–H groups in total. The molecule has 1 fully saturated rings. The Balaban J connectivity index is 1.74. The first-order valence-corrected chi connectivity index (χ1v) is 6.45. The molecule has 0 aliphatic carbocycles. The van der Waals surface area contributed by atoms with E-state index in [2.05, 4.69) is 15.6 Å². The zero-order chi connectivity index (χ0) is 13.1. The van der Waals surface area contributed by atoms with Crippen molar-refractivity contribution in [3.8, 4) is 5.69 Å². The number of rotatable bonds is 3. The first-order valence-electron chi connectivity index (χ1n) is 6.45. The van der Waals surface area contributed by atoms with Gasteiger partial charge in [0.05, 0.1) is 12.4 Å². The maximum Gasteiger partial charge on any atom is 0.241 e. The van der Waals surface area contributed by atoms with Gasteiger partial charge >= 0.3 is 0 Å². The molecule has 2 aromatic rings. The lowest BCUT2D eigenvalue weighted by molar-refractivity contribution is -0.117. The first-order chi connectivity index (χ1) is 9.33. The van der Waals surface area contributed by atoms with E-state index >= 15 is 0 Å². The van der Waals surface area contributed by atoms with Gasteiger partial charge < -0.3 is 15.2 Å². The van der Waals surface area contributed by atoms with E-state index in [0.29, 0.717) is 0 Å². The largest absolute Gasteiger partial charge is 0.325 e. The molecule has 0 bridgehead atoms. The van der Waals surface area contributed by atoms with Gasteiger partial charge in [-0.3, -0.25) is 4.79 Å². The average molecular weight is 256 g/mol. The maximum atomic E-state index is 12.0. The summed E-state index contributed by atoms with van der Waals surface area (Å²) in [5.74, 6) is 0.0419. The highest BCUT2D eigenvalue weighted by atomic mass is 16.2. The summed E-state index contributed by atoms with van der Waals surface area (Å²) in [6.07, 6.45) is 7.31. The molecule has 5 nitrogen and oxygen atoms in total. The lowest BCUT2D eigenvalue weighted by atomic mass is 10.2. The number of anilines is 1. The van der Waals surface area contributed by atoms with Crippen LogP contribution in [-0.4, -0.2) is 28.0 Å². The number of aromatic nitrogens is 2.